The SMILES string of the molecule is Cc1ccc(-c2cccc(C#N)c2)cc1.Cc1ccc(-c2ccccc2C#N)cc1.Cc1cccc(-c2c(C#N)cc(C#N)cc2C#N)c1.Cc1cccc(-c2c(C#N)cccc2C#N)c1.Cc1cccc(-c2cc(C#N)cc(C#N)c2)c1.Cc1cccc(-c2cc(C#N)cc(C#N)c2C#N)c1.Cc1cccc(-c2cc(C#N)ccc2C#N)c1. The van der Waals surface area contributed by atoms with E-state index < -0.39 is 0 Å². The van der Waals surface area contributed by atoms with Crippen LogP contribution in [-0.2, 0) is 0 Å². The highest BCUT2D eigenvalue weighted by molar-refractivity contribution is 5.81. The van der Waals surface area contributed by atoms with Crippen molar-refractivity contribution in [3.8, 4) is 163 Å². The number of hydrogen-bond acceptors (Lipinski definition) is 14. The molecule has 0 amide bonds. The first-order valence-corrected chi connectivity index (χ1v) is 36.8. The van der Waals surface area contributed by atoms with E-state index in [1.54, 1.807) is 60.7 Å². The predicted molar refractivity (Wildman–Crippen MR) is 462 cm³/mol. The van der Waals surface area contributed by atoms with Crippen LogP contribution in [0.5, 0.6) is 0 Å². The summed E-state index contributed by atoms with van der Waals surface area (Å²) in [6.07, 6.45) is 0. The number of benzene rings is 14. The molecule has 0 heterocycles. The molecule has 0 atom stereocenters. The molecule has 0 aromatic heterocycles. The van der Waals surface area contributed by atoms with Crippen molar-refractivity contribution < 1.29 is 0 Å². The third-order valence-corrected chi connectivity index (χ3v) is 18.2. The van der Waals surface area contributed by atoms with Crippen LogP contribution in [0.2, 0.25) is 0 Å². The van der Waals surface area contributed by atoms with Gasteiger partial charge in [-0.25, -0.2) is 0 Å². The zero-order chi connectivity index (χ0) is 85.8. The summed E-state index contributed by atoms with van der Waals surface area (Å²) in [5.74, 6) is 0. The molecule has 0 saturated heterocycles. The first-order chi connectivity index (χ1) is 57.7. The van der Waals surface area contributed by atoms with Crippen LogP contribution in [0.4, 0.5) is 0 Å². The quantitative estimate of drug-likeness (QED) is 0.143. The van der Waals surface area contributed by atoms with E-state index in [0.29, 0.717) is 77.9 Å². The summed E-state index contributed by atoms with van der Waals surface area (Å²) in [6.45, 7) is 14.0. The van der Waals surface area contributed by atoms with Crippen LogP contribution in [0, 0.1) is 207 Å². The van der Waals surface area contributed by atoms with E-state index in [2.05, 4.69) is 117 Å². The molecular weight excluding hydrogens is 1460 g/mol. The Morgan fingerprint density at radius 2 is 0.471 bits per heavy atom. The van der Waals surface area contributed by atoms with E-state index in [9.17, 15) is 15.8 Å². The second kappa shape index (κ2) is 43.5. The Kier molecular flexibility index (Phi) is 31.6. The van der Waals surface area contributed by atoms with E-state index in [-0.39, 0.29) is 5.56 Å². The standard InChI is InChI=1S/2C16H9N3.3C15H10N2.2C14H11N/c1-11-3-2-4-13(5-11)15-7-12(8-17)6-14(9-18)16(15)10-19;1-11-3-2-4-13(5-11)16-14(9-18)6-12(8-17)7-15(16)10-19;1-11-4-2-5-12(8-11)15-13(9-16)6-3-7-14(15)10-17;1-11-3-2-4-14(5-11)15-7-12(9-16)6-13(8-15)10-17;1-11-3-2-4-13(7-11)15-8-12(9-16)5-6-14(15)10-17;1-11-5-7-13(8-6-11)14-4-2-3-12(9-14)10-15;1-11-6-8-12(9-7-11)14-5-3-2-4-13(14)10-15/h2*2-7H,1H3;3*2-8H,1H3;2*2-9H,1H3. The van der Waals surface area contributed by atoms with Gasteiger partial charge in [-0.2, -0.15) is 73.7 Å². The predicted octanol–water partition coefficient (Wildman–Crippen LogP) is 23.8. The van der Waals surface area contributed by atoms with Gasteiger partial charge in [0.05, 0.1) is 151 Å². The average Bonchev–Trinajstić information content (AvgIpc) is 0.817. The molecule has 0 aliphatic rings. The molecule has 14 aromatic carbocycles. The van der Waals surface area contributed by atoms with E-state index in [1.165, 1.54) is 29.3 Å². The highest BCUT2D eigenvalue weighted by Crippen LogP contribution is 2.33. The van der Waals surface area contributed by atoms with Gasteiger partial charge in [0.15, 0.2) is 0 Å². The van der Waals surface area contributed by atoms with Crippen molar-refractivity contribution >= 4 is 0 Å². The molecule has 560 valence electrons. The minimum Gasteiger partial charge on any atom is -0.192 e. The Morgan fingerprint density at radius 1 is 0.151 bits per heavy atom. The smallest absolute Gasteiger partial charge is 0.101 e. The monoisotopic (exact) mass is 1530 g/mol. The Labute approximate surface area is 694 Å². The van der Waals surface area contributed by atoms with Gasteiger partial charge in [-0.15, -0.1) is 0 Å². The lowest BCUT2D eigenvalue weighted by Crippen LogP contribution is -1.92. The Balaban J connectivity index is 0.000000173. The van der Waals surface area contributed by atoms with Crippen LogP contribution in [-0.4, -0.2) is 0 Å². The van der Waals surface area contributed by atoms with Crippen LogP contribution in [0.15, 0.2) is 297 Å². The van der Waals surface area contributed by atoms with Gasteiger partial charge in [0.2, 0.25) is 0 Å². The van der Waals surface area contributed by atoms with Crippen LogP contribution in [0.1, 0.15) is 117 Å². The van der Waals surface area contributed by atoms with E-state index in [0.717, 1.165) is 100 Å². The van der Waals surface area contributed by atoms with Crippen LogP contribution >= 0.6 is 0 Å². The van der Waals surface area contributed by atoms with Gasteiger partial charge >= 0.3 is 0 Å². The van der Waals surface area contributed by atoms with Crippen molar-refractivity contribution in [2.45, 2.75) is 48.5 Å². The average molecular weight is 1530 g/mol. The summed E-state index contributed by atoms with van der Waals surface area (Å²) in [7, 11) is 0. The largest absolute Gasteiger partial charge is 0.192 e. The van der Waals surface area contributed by atoms with Crippen LogP contribution in [0.25, 0.3) is 77.9 Å². The minimum atomic E-state index is 0.234. The molecule has 0 aliphatic heterocycles. The molecule has 0 unspecified atom stereocenters. The molecule has 0 saturated carbocycles. The molecule has 0 radical (unpaired) electrons. The summed E-state index contributed by atoms with van der Waals surface area (Å²) in [5.41, 5.74) is 27.2. The maximum absolute atomic E-state index is 9.24. The second-order valence-corrected chi connectivity index (χ2v) is 27.0. The highest BCUT2D eigenvalue weighted by atomic mass is 14.3. The van der Waals surface area contributed by atoms with Gasteiger partial charge in [0.1, 0.15) is 12.1 Å². The number of aryl methyl sites for hydroxylation is 7. The normalized spacial score (nSPS) is 9.35. The maximum atomic E-state index is 9.24. The van der Waals surface area contributed by atoms with Gasteiger partial charge < -0.3 is 0 Å². The van der Waals surface area contributed by atoms with E-state index in [4.69, 9.17) is 57.9 Å². The fourth-order valence-electron chi connectivity index (χ4n) is 12.4. The van der Waals surface area contributed by atoms with Gasteiger partial charge in [-0.1, -0.05) is 245 Å². The first-order valence-electron chi connectivity index (χ1n) is 36.8. The first kappa shape index (κ1) is 86.5. The number of nitrogens with zero attached hydrogens (tertiary/aromatic N) is 14. The molecule has 14 heteroatoms. The lowest BCUT2D eigenvalue weighted by atomic mass is 9.92. The van der Waals surface area contributed by atoms with Gasteiger partial charge in [0, 0.05) is 22.3 Å². The molecule has 119 heavy (non-hydrogen) atoms. The summed E-state index contributed by atoms with van der Waals surface area (Å²) in [5, 5.41) is 127. The van der Waals surface area contributed by atoms with E-state index in [1.807, 2.05) is 235 Å². The maximum Gasteiger partial charge on any atom is 0.101 e. The van der Waals surface area contributed by atoms with Crippen molar-refractivity contribution in [2.75, 3.05) is 0 Å². The van der Waals surface area contributed by atoms with Crippen molar-refractivity contribution in [2.24, 2.45) is 0 Å². The third-order valence-electron chi connectivity index (χ3n) is 18.2. The lowest BCUT2D eigenvalue weighted by Gasteiger charge is -2.08. The fourth-order valence-corrected chi connectivity index (χ4v) is 12.4. The van der Waals surface area contributed by atoms with Gasteiger partial charge in [-0.05, 0) is 195 Å². The highest BCUT2D eigenvalue weighted by Gasteiger charge is 2.16. The van der Waals surface area contributed by atoms with Crippen LogP contribution in [0.3, 0.4) is 0 Å². The molecule has 0 bridgehead atoms. The van der Waals surface area contributed by atoms with Gasteiger partial charge in [0.25, 0.3) is 0 Å². The molecule has 0 spiro atoms. The van der Waals surface area contributed by atoms with Crippen LogP contribution < -0.4 is 0 Å². The molecule has 14 aromatic rings. The fraction of sp³-hybridized carbons (Fsp3) is 0.0667. The van der Waals surface area contributed by atoms with Gasteiger partial charge in [-0.3, -0.25) is 0 Å². The Bertz CT molecular complexity index is 6660. The second-order valence-electron chi connectivity index (χ2n) is 27.0. The molecule has 14 rings (SSSR count). The number of hydrogen-bond donors (Lipinski definition) is 0. The molecule has 0 aliphatic carbocycles. The van der Waals surface area contributed by atoms with E-state index >= 15 is 0 Å². The summed E-state index contributed by atoms with van der Waals surface area (Å²) in [6, 6.07) is 122. The lowest BCUT2D eigenvalue weighted by molar-refractivity contribution is 1.39. The summed E-state index contributed by atoms with van der Waals surface area (Å²) in [4.78, 5) is 0. The third kappa shape index (κ3) is 24.0. The molecule has 0 fully saturated rings. The number of rotatable bonds is 7. The minimum absolute atomic E-state index is 0.234. The zero-order valence-corrected chi connectivity index (χ0v) is 66.1. The Hall–Kier alpha value is -18.1. The molecule has 14 nitrogen and oxygen atoms in total. The van der Waals surface area contributed by atoms with Crippen molar-refractivity contribution in [3.63, 3.8) is 0 Å². The zero-order valence-electron chi connectivity index (χ0n) is 66.1. The van der Waals surface area contributed by atoms with Crippen molar-refractivity contribution in [3.05, 3.63) is 414 Å². The van der Waals surface area contributed by atoms with Crippen molar-refractivity contribution in [1.82, 2.24) is 0 Å². The van der Waals surface area contributed by atoms with Crippen molar-refractivity contribution in [1.29, 1.82) is 73.7 Å². The topological polar surface area (TPSA) is 333 Å². The summed E-state index contributed by atoms with van der Waals surface area (Å²) < 4.78 is 0. The Morgan fingerprint density at radius 3 is 0.916 bits per heavy atom. The number of nitriles is 14. The molecular formula is C105H70N14. The molecule has 0 N–H and O–H groups in total. The summed E-state index contributed by atoms with van der Waals surface area (Å²) >= 11 is 0.